The Hall–Kier alpha value is -0.860. The van der Waals surface area contributed by atoms with Crippen molar-refractivity contribution in [3.8, 4) is 0 Å². The molecule has 2 rings (SSSR count). The zero-order valence-corrected chi connectivity index (χ0v) is 8.58. The fraction of sp³-hybridized carbons (Fsp3) is 0.500. The molecule has 0 aliphatic carbocycles. The number of nitrogens with zero attached hydrogens (tertiary/aromatic N) is 1. The van der Waals surface area contributed by atoms with E-state index in [9.17, 15) is 0 Å². The van der Waals surface area contributed by atoms with E-state index in [1.54, 1.807) is 0 Å². The fourth-order valence-corrected chi connectivity index (χ4v) is 1.80. The topological polar surface area (TPSA) is 29.3 Å². The molecule has 0 unspecified atom stereocenters. The van der Waals surface area contributed by atoms with Gasteiger partial charge in [-0.05, 0) is 37.1 Å². The van der Waals surface area contributed by atoms with E-state index in [1.807, 2.05) is 0 Å². The SMILES string of the molecule is NCc1cccc(CCN2CCC2)c1. The van der Waals surface area contributed by atoms with Gasteiger partial charge in [-0.25, -0.2) is 0 Å². The quantitative estimate of drug-likeness (QED) is 0.777. The number of nitrogens with two attached hydrogens (primary N) is 1. The average Bonchev–Trinajstić information content (AvgIpc) is 2.16. The number of benzene rings is 1. The Kier molecular flexibility index (Phi) is 3.17. The van der Waals surface area contributed by atoms with E-state index in [0.717, 1.165) is 6.42 Å². The predicted molar refractivity (Wildman–Crippen MR) is 59.1 cm³/mol. The molecule has 1 aromatic carbocycles. The van der Waals surface area contributed by atoms with Gasteiger partial charge in [0, 0.05) is 13.1 Å². The molecule has 0 saturated carbocycles. The minimum atomic E-state index is 0.650. The van der Waals surface area contributed by atoms with Crippen molar-refractivity contribution < 1.29 is 0 Å². The predicted octanol–water partition coefficient (Wildman–Crippen LogP) is 1.39. The van der Waals surface area contributed by atoms with Gasteiger partial charge in [0.1, 0.15) is 0 Å². The monoisotopic (exact) mass is 190 g/mol. The second kappa shape index (κ2) is 4.58. The maximum atomic E-state index is 5.60. The summed E-state index contributed by atoms with van der Waals surface area (Å²) in [6.07, 6.45) is 2.54. The van der Waals surface area contributed by atoms with Gasteiger partial charge in [-0.1, -0.05) is 24.3 Å². The van der Waals surface area contributed by atoms with Crippen LogP contribution in [0.4, 0.5) is 0 Å². The van der Waals surface area contributed by atoms with Crippen molar-refractivity contribution >= 4 is 0 Å². The van der Waals surface area contributed by atoms with Crippen molar-refractivity contribution in [1.82, 2.24) is 4.90 Å². The minimum absolute atomic E-state index is 0.650. The van der Waals surface area contributed by atoms with Crippen LogP contribution in [-0.2, 0) is 13.0 Å². The van der Waals surface area contributed by atoms with Crippen molar-refractivity contribution in [2.75, 3.05) is 19.6 Å². The van der Waals surface area contributed by atoms with E-state index in [2.05, 4.69) is 29.2 Å². The van der Waals surface area contributed by atoms with E-state index in [1.165, 1.54) is 37.2 Å². The van der Waals surface area contributed by atoms with Crippen LogP contribution in [0, 0.1) is 0 Å². The molecular weight excluding hydrogens is 172 g/mol. The Morgan fingerprint density at radius 1 is 1.21 bits per heavy atom. The molecule has 76 valence electrons. The molecule has 0 spiro atoms. The van der Waals surface area contributed by atoms with Crippen LogP contribution in [0.15, 0.2) is 24.3 Å². The molecule has 0 atom stereocenters. The van der Waals surface area contributed by atoms with Crippen LogP contribution < -0.4 is 5.73 Å². The first-order valence-corrected chi connectivity index (χ1v) is 5.39. The number of rotatable bonds is 4. The van der Waals surface area contributed by atoms with E-state index in [0.29, 0.717) is 6.54 Å². The van der Waals surface area contributed by atoms with Crippen LogP contribution in [0.5, 0.6) is 0 Å². The molecule has 1 fully saturated rings. The third-order valence-corrected chi connectivity index (χ3v) is 2.89. The molecule has 1 aliphatic rings. The zero-order valence-electron chi connectivity index (χ0n) is 8.58. The Labute approximate surface area is 85.7 Å². The van der Waals surface area contributed by atoms with Gasteiger partial charge in [0.25, 0.3) is 0 Å². The highest BCUT2D eigenvalue weighted by Gasteiger charge is 2.12. The number of likely N-dealkylation sites (tertiary alicyclic amines) is 1. The minimum Gasteiger partial charge on any atom is -0.326 e. The van der Waals surface area contributed by atoms with E-state index in [4.69, 9.17) is 5.73 Å². The molecule has 2 N–H and O–H groups in total. The van der Waals surface area contributed by atoms with E-state index < -0.39 is 0 Å². The smallest absolute Gasteiger partial charge is 0.0178 e. The summed E-state index contributed by atoms with van der Waals surface area (Å²) >= 11 is 0. The third kappa shape index (κ3) is 2.34. The van der Waals surface area contributed by atoms with Crippen molar-refractivity contribution in [3.63, 3.8) is 0 Å². The molecule has 0 radical (unpaired) electrons. The van der Waals surface area contributed by atoms with Crippen molar-refractivity contribution in [2.24, 2.45) is 5.73 Å². The first-order valence-electron chi connectivity index (χ1n) is 5.39. The highest BCUT2D eigenvalue weighted by molar-refractivity contribution is 5.23. The zero-order chi connectivity index (χ0) is 9.80. The first kappa shape index (κ1) is 9.69. The molecule has 14 heavy (non-hydrogen) atoms. The summed E-state index contributed by atoms with van der Waals surface area (Å²) in [5.74, 6) is 0. The molecule has 1 aliphatic heterocycles. The van der Waals surface area contributed by atoms with Crippen LogP contribution in [0.2, 0.25) is 0 Å². The lowest BCUT2D eigenvalue weighted by Crippen LogP contribution is -2.38. The molecular formula is C12H18N2. The van der Waals surface area contributed by atoms with Gasteiger partial charge in [-0.15, -0.1) is 0 Å². The van der Waals surface area contributed by atoms with Crippen LogP contribution in [-0.4, -0.2) is 24.5 Å². The van der Waals surface area contributed by atoms with Gasteiger partial charge in [0.2, 0.25) is 0 Å². The lowest BCUT2D eigenvalue weighted by atomic mass is 10.1. The number of hydrogen-bond acceptors (Lipinski definition) is 2. The summed E-state index contributed by atoms with van der Waals surface area (Å²) in [5.41, 5.74) is 8.26. The van der Waals surface area contributed by atoms with Gasteiger partial charge < -0.3 is 10.6 Å². The summed E-state index contributed by atoms with van der Waals surface area (Å²) in [4.78, 5) is 2.50. The highest BCUT2D eigenvalue weighted by Crippen LogP contribution is 2.09. The third-order valence-electron chi connectivity index (χ3n) is 2.89. The van der Waals surface area contributed by atoms with Gasteiger partial charge >= 0.3 is 0 Å². The van der Waals surface area contributed by atoms with Gasteiger partial charge in [0.05, 0.1) is 0 Å². The highest BCUT2D eigenvalue weighted by atomic mass is 15.2. The van der Waals surface area contributed by atoms with E-state index >= 15 is 0 Å². The molecule has 1 heterocycles. The summed E-state index contributed by atoms with van der Waals surface area (Å²) in [6, 6.07) is 8.61. The second-order valence-electron chi connectivity index (χ2n) is 3.97. The van der Waals surface area contributed by atoms with Gasteiger partial charge in [-0.2, -0.15) is 0 Å². The Balaban J connectivity index is 1.87. The Bertz CT molecular complexity index is 292. The lowest BCUT2D eigenvalue weighted by molar-refractivity contribution is 0.184. The maximum Gasteiger partial charge on any atom is 0.0178 e. The Morgan fingerprint density at radius 2 is 2.00 bits per heavy atom. The summed E-state index contributed by atoms with van der Waals surface area (Å²) in [7, 11) is 0. The van der Waals surface area contributed by atoms with Crippen LogP contribution in [0.1, 0.15) is 17.5 Å². The molecule has 0 bridgehead atoms. The lowest BCUT2D eigenvalue weighted by Gasteiger charge is -2.30. The Morgan fingerprint density at radius 3 is 2.64 bits per heavy atom. The van der Waals surface area contributed by atoms with Crippen molar-refractivity contribution in [2.45, 2.75) is 19.4 Å². The standard InChI is InChI=1S/C12H18N2/c13-10-12-4-1-3-11(9-12)5-8-14-6-2-7-14/h1,3-4,9H,2,5-8,10,13H2. The summed E-state index contributed by atoms with van der Waals surface area (Å²) < 4.78 is 0. The van der Waals surface area contributed by atoms with E-state index in [-0.39, 0.29) is 0 Å². The summed E-state index contributed by atoms with van der Waals surface area (Å²) in [5, 5.41) is 0. The first-order chi connectivity index (χ1) is 6.88. The van der Waals surface area contributed by atoms with Crippen LogP contribution >= 0.6 is 0 Å². The van der Waals surface area contributed by atoms with Crippen LogP contribution in [0.3, 0.4) is 0 Å². The molecule has 1 saturated heterocycles. The fourth-order valence-electron chi connectivity index (χ4n) is 1.80. The largest absolute Gasteiger partial charge is 0.326 e. The van der Waals surface area contributed by atoms with Gasteiger partial charge in [0.15, 0.2) is 0 Å². The molecule has 0 aromatic heterocycles. The number of hydrogen-bond donors (Lipinski definition) is 1. The van der Waals surface area contributed by atoms with Crippen molar-refractivity contribution in [3.05, 3.63) is 35.4 Å². The molecule has 0 amide bonds. The molecule has 2 nitrogen and oxygen atoms in total. The maximum absolute atomic E-state index is 5.60. The molecule has 2 heteroatoms. The van der Waals surface area contributed by atoms with Crippen LogP contribution in [0.25, 0.3) is 0 Å². The second-order valence-corrected chi connectivity index (χ2v) is 3.97. The summed E-state index contributed by atoms with van der Waals surface area (Å²) in [6.45, 7) is 4.43. The van der Waals surface area contributed by atoms with Crippen molar-refractivity contribution in [1.29, 1.82) is 0 Å². The normalized spacial score (nSPS) is 16.6. The van der Waals surface area contributed by atoms with Gasteiger partial charge in [-0.3, -0.25) is 0 Å². The molecule has 1 aromatic rings. The average molecular weight is 190 g/mol.